The van der Waals surface area contributed by atoms with E-state index in [0.717, 1.165) is 0 Å². The summed E-state index contributed by atoms with van der Waals surface area (Å²) in [5, 5.41) is 1.80. The molecule has 3 heterocycles. The molecular formula is C18H10O5S. The highest BCUT2D eigenvalue weighted by atomic mass is 32.1. The molecule has 0 saturated carbocycles. The molecule has 0 spiro atoms. The fourth-order valence-corrected chi connectivity index (χ4v) is 2.88. The maximum Gasteiger partial charge on any atom is 0.353 e. The quantitative estimate of drug-likeness (QED) is 0.407. The summed E-state index contributed by atoms with van der Waals surface area (Å²) in [6.45, 7) is 0. The number of fused-ring (bicyclic) bond motifs is 1. The van der Waals surface area contributed by atoms with Gasteiger partial charge in [0.05, 0.1) is 11.8 Å². The third kappa shape index (κ3) is 2.63. The molecule has 1 aromatic carbocycles. The minimum Gasteiger partial charge on any atom is -0.465 e. The average Bonchev–Trinajstić information content (AvgIpc) is 3.31. The van der Waals surface area contributed by atoms with Gasteiger partial charge >= 0.3 is 5.97 Å². The number of hydrogen-bond acceptors (Lipinski definition) is 6. The minimum absolute atomic E-state index is 0.168. The van der Waals surface area contributed by atoms with Gasteiger partial charge in [0.25, 0.3) is 0 Å². The molecule has 0 radical (unpaired) electrons. The predicted molar refractivity (Wildman–Crippen MR) is 87.4 cm³/mol. The van der Waals surface area contributed by atoms with E-state index in [1.165, 1.54) is 29.7 Å². The van der Waals surface area contributed by atoms with Gasteiger partial charge < -0.3 is 13.9 Å². The maximum atomic E-state index is 12.3. The first kappa shape index (κ1) is 14.5. The van der Waals surface area contributed by atoms with Gasteiger partial charge in [-0.2, -0.15) is 0 Å². The maximum absolute atomic E-state index is 12.3. The number of ketones is 1. The zero-order valence-corrected chi connectivity index (χ0v) is 13.0. The van der Waals surface area contributed by atoms with E-state index in [1.54, 1.807) is 41.8 Å². The summed E-state index contributed by atoms with van der Waals surface area (Å²) in [4.78, 5) is 24.8. The van der Waals surface area contributed by atoms with Gasteiger partial charge in [-0.1, -0.05) is 6.07 Å². The summed E-state index contributed by atoms with van der Waals surface area (Å²) in [6, 6.07) is 11.6. The van der Waals surface area contributed by atoms with Gasteiger partial charge in [-0.25, -0.2) is 4.79 Å². The van der Waals surface area contributed by atoms with Crippen molar-refractivity contribution in [3.05, 3.63) is 76.1 Å². The Bertz CT molecular complexity index is 936. The topological polar surface area (TPSA) is 65.7 Å². The highest BCUT2D eigenvalue weighted by Gasteiger charge is 2.28. The minimum atomic E-state index is -0.444. The molecule has 0 atom stereocenters. The van der Waals surface area contributed by atoms with E-state index in [1.807, 2.05) is 0 Å². The summed E-state index contributed by atoms with van der Waals surface area (Å²) in [5.74, 6) is 0.684. The Labute approximate surface area is 140 Å². The van der Waals surface area contributed by atoms with Crippen molar-refractivity contribution >= 4 is 29.2 Å². The predicted octanol–water partition coefficient (Wildman–Crippen LogP) is 4.18. The molecule has 118 valence electrons. The van der Waals surface area contributed by atoms with Crippen LogP contribution in [-0.4, -0.2) is 11.8 Å². The Morgan fingerprint density at radius 2 is 2.08 bits per heavy atom. The van der Waals surface area contributed by atoms with Crippen molar-refractivity contribution in [1.29, 1.82) is 0 Å². The summed E-state index contributed by atoms with van der Waals surface area (Å²) in [7, 11) is 0. The van der Waals surface area contributed by atoms with Crippen molar-refractivity contribution < 1.29 is 23.5 Å². The third-order valence-electron chi connectivity index (χ3n) is 3.39. The summed E-state index contributed by atoms with van der Waals surface area (Å²) >= 11 is 1.30. The molecule has 0 saturated heterocycles. The van der Waals surface area contributed by atoms with E-state index in [2.05, 4.69) is 0 Å². The lowest BCUT2D eigenvalue weighted by Gasteiger charge is -2.04. The lowest BCUT2D eigenvalue weighted by atomic mass is 10.1. The molecular weight excluding hydrogens is 328 g/mol. The van der Waals surface area contributed by atoms with Crippen LogP contribution in [0.3, 0.4) is 0 Å². The Morgan fingerprint density at radius 1 is 1.17 bits per heavy atom. The van der Waals surface area contributed by atoms with Crippen LogP contribution in [0.1, 0.15) is 25.8 Å². The molecule has 2 aromatic heterocycles. The van der Waals surface area contributed by atoms with Crippen molar-refractivity contribution in [2.75, 3.05) is 0 Å². The zero-order valence-electron chi connectivity index (χ0n) is 12.2. The van der Waals surface area contributed by atoms with Crippen LogP contribution in [0.4, 0.5) is 0 Å². The smallest absolute Gasteiger partial charge is 0.353 e. The van der Waals surface area contributed by atoms with Gasteiger partial charge in [-0.05, 0) is 35.7 Å². The highest BCUT2D eigenvalue weighted by Crippen LogP contribution is 2.35. The molecule has 1 aliphatic rings. The second-order valence-corrected chi connectivity index (χ2v) is 5.93. The van der Waals surface area contributed by atoms with Crippen molar-refractivity contribution in [3.8, 4) is 11.5 Å². The zero-order chi connectivity index (χ0) is 16.5. The molecule has 0 amide bonds. The van der Waals surface area contributed by atoms with Crippen LogP contribution in [0.25, 0.3) is 6.08 Å². The molecule has 3 aromatic rings. The summed E-state index contributed by atoms with van der Waals surface area (Å²) in [6.07, 6.45) is 3.04. The molecule has 5 nitrogen and oxygen atoms in total. The number of benzene rings is 1. The van der Waals surface area contributed by atoms with Crippen molar-refractivity contribution in [3.63, 3.8) is 0 Å². The lowest BCUT2D eigenvalue weighted by molar-refractivity contribution is 0.0739. The number of hydrogen-bond donors (Lipinski definition) is 0. The Morgan fingerprint density at radius 3 is 2.83 bits per heavy atom. The molecule has 24 heavy (non-hydrogen) atoms. The first-order chi connectivity index (χ1) is 11.7. The number of carbonyl (C=O) groups is 2. The SMILES string of the molecule is O=C(Oc1ccc2c(c1)O/C(=C\c1ccco1)C2=O)c1cccs1. The second kappa shape index (κ2) is 5.82. The highest BCUT2D eigenvalue weighted by molar-refractivity contribution is 7.12. The Kier molecular flexibility index (Phi) is 3.51. The van der Waals surface area contributed by atoms with Crippen molar-refractivity contribution in [1.82, 2.24) is 0 Å². The third-order valence-corrected chi connectivity index (χ3v) is 4.24. The number of ether oxygens (including phenoxy) is 2. The Hall–Kier alpha value is -3.12. The van der Waals surface area contributed by atoms with Crippen molar-refractivity contribution in [2.45, 2.75) is 0 Å². The van der Waals surface area contributed by atoms with Crippen LogP contribution in [0.15, 0.2) is 64.3 Å². The van der Waals surface area contributed by atoms with Crippen LogP contribution in [0.2, 0.25) is 0 Å². The van der Waals surface area contributed by atoms with Crippen LogP contribution in [0.5, 0.6) is 11.5 Å². The molecule has 4 rings (SSSR count). The number of rotatable bonds is 3. The molecule has 0 unspecified atom stereocenters. The number of esters is 1. The van der Waals surface area contributed by atoms with Gasteiger partial charge in [0.15, 0.2) is 5.76 Å². The van der Waals surface area contributed by atoms with Gasteiger partial charge in [-0.15, -0.1) is 11.3 Å². The molecule has 0 N–H and O–H groups in total. The van der Waals surface area contributed by atoms with Crippen molar-refractivity contribution in [2.24, 2.45) is 0 Å². The summed E-state index contributed by atoms with van der Waals surface area (Å²) in [5.41, 5.74) is 0.420. The van der Waals surface area contributed by atoms with E-state index < -0.39 is 5.97 Å². The van der Waals surface area contributed by atoms with Crippen LogP contribution >= 0.6 is 11.3 Å². The molecule has 0 fully saturated rings. The molecule has 6 heteroatoms. The van der Waals surface area contributed by atoms with Gasteiger partial charge in [-0.3, -0.25) is 4.79 Å². The molecule has 1 aliphatic heterocycles. The van der Waals surface area contributed by atoms with E-state index in [-0.39, 0.29) is 11.5 Å². The largest absolute Gasteiger partial charge is 0.465 e. The van der Waals surface area contributed by atoms with Crippen LogP contribution < -0.4 is 9.47 Å². The molecule has 0 aliphatic carbocycles. The summed E-state index contributed by atoms with van der Waals surface area (Å²) < 4.78 is 16.1. The van der Waals surface area contributed by atoms with Crippen LogP contribution in [-0.2, 0) is 0 Å². The van der Waals surface area contributed by atoms with E-state index >= 15 is 0 Å². The van der Waals surface area contributed by atoms with Gasteiger partial charge in [0, 0.05) is 12.1 Å². The fraction of sp³-hybridized carbons (Fsp3) is 0. The number of furan rings is 1. The Balaban J connectivity index is 1.58. The standard InChI is InChI=1S/C18H10O5S/c19-17-13-6-5-12(22-18(20)16-4-2-8-24-16)10-14(13)23-15(17)9-11-3-1-7-21-11/h1-10H/b15-9-. The monoisotopic (exact) mass is 338 g/mol. The first-order valence-corrected chi connectivity index (χ1v) is 7.96. The van der Waals surface area contributed by atoms with Gasteiger partial charge in [0.1, 0.15) is 22.1 Å². The van der Waals surface area contributed by atoms with Crippen LogP contribution in [0, 0.1) is 0 Å². The fourth-order valence-electron chi connectivity index (χ4n) is 2.29. The van der Waals surface area contributed by atoms with E-state index in [4.69, 9.17) is 13.9 Å². The molecule has 0 bridgehead atoms. The number of carbonyl (C=O) groups excluding carboxylic acids is 2. The normalized spacial score (nSPS) is 14.5. The average molecular weight is 338 g/mol. The number of allylic oxidation sites excluding steroid dienone is 1. The van der Waals surface area contributed by atoms with E-state index in [0.29, 0.717) is 27.7 Å². The van der Waals surface area contributed by atoms with E-state index in [9.17, 15) is 9.59 Å². The van der Waals surface area contributed by atoms with Gasteiger partial charge in [0.2, 0.25) is 5.78 Å². The number of Topliss-reactive ketones (excluding diaryl/α,β-unsaturated/α-hetero) is 1. The number of thiophene rings is 1. The lowest BCUT2D eigenvalue weighted by Crippen LogP contribution is -2.06. The first-order valence-electron chi connectivity index (χ1n) is 7.08. The second-order valence-electron chi connectivity index (χ2n) is 4.98.